The average molecular weight is 268 g/mol. The second-order valence-corrected chi connectivity index (χ2v) is 3.67. The number of amides is 1. The number of carbonyl (C=O) groups is 1. The lowest BCUT2D eigenvalue weighted by atomic mass is 10.2. The SMILES string of the molecule is CNC(=O)C(C)Nc1c([N+](=O)[O-])cccc1[N+](=O)[O-]. The molecule has 19 heavy (non-hydrogen) atoms. The number of nitro benzene ring substituents is 2. The molecule has 0 heterocycles. The number of hydrogen-bond acceptors (Lipinski definition) is 6. The Morgan fingerprint density at radius 1 is 1.21 bits per heavy atom. The smallest absolute Gasteiger partial charge is 0.299 e. The molecule has 9 nitrogen and oxygen atoms in total. The van der Waals surface area contributed by atoms with Crippen molar-refractivity contribution in [3.8, 4) is 0 Å². The van der Waals surface area contributed by atoms with Gasteiger partial charge in [-0.2, -0.15) is 0 Å². The van der Waals surface area contributed by atoms with Gasteiger partial charge in [0, 0.05) is 19.2 Å². The Morgan fingerprint density at radius 2 is 1.68 bits per heavy atom. The molecule has 0 aliphatic carbocycles. The van der Waals surface area contributed by atoms with Gasteiger partial charge in [0.15, 0.2) is 5.69 Å². The Morgan fingerprint density at radius 3 is 2.05 bits per heavy atom. The molecule has 1 aromatic carbocycles. The molecule has 9 heteroatoms. The number of nitro groups is 2. The minimum atomic E-state index is -0.843. The summed E-state index contributed by atoms with van der Waals surface area (Å²) in [4.78, 5) is 31.6. The van der Waals surface area contributed by atoms with Crippen molar-refractivity contribution in [1.29, 1.82) is 0 Å². The minimum absolute atomic E-state index is 0.284. The predicted octanol–water partition coefficient (Wildman–Crippen LogP) is 1.05. The highest BCUT2D eigenvalue weighted by Gasteiger charge is 2.27. The normalized spacial score (nSPS) is 11.5. The first-order chi connectivity index (χ1) is 8.88. The zero-order valence-electron chi connectivity index (χ0n) is 10.2. The van der Waals surface area contributed by atoms with Crippen molar-refractivity contribution in [1.82, 2.24) is 5.32 Å². The molecule has 102 valence electrons. The van der Waals surface area contributed by atoms with Crippen LogP contribution in [0.25, 0.3) is 0 Å². The lowest BCUT2D eigenvalue weighted by molar-refractivity contribution is -0.392. The first-order valence-corrected chi connectivity index (χ1v) is 5.28. The molecule has 1 amide bonds. The van der Waals surface area contributed by atoms with Crippen molar-refractivity contribution >= 4 is 23.0 Å². The number of carbonyl (C=O) groups excluding carboxylic acids is 1. The molecule has 0 spiro atoms. The van der Waals surface area contributed by atoms with Gasteiger partial charge in [-0.25, -0.2) is 0 Å². The van der Waals surface area contributed by atoms with Crippen LogP contribution in [0, 0.1) is 20.2 Å². The summed E-state index contributed by atoms with van der Waals surface area (Å²) in [7, 11) is 1.40. The monoisotopic (exact) mass is 268 g/mol. The number of benzene rings is 1. The summed E-state index contributed by atoms with van der Waals surface area (Å²) in [5.41, 5.74) is -1.19. The van der Waals surface area contributed by atoms with Crippen LogP contribution in [-0.2, 0) is 4.79 Å². The van der Waals surface area contributed by atoms with Crippen LogP contribution >= 0.6 is 0 Å². The summed E-state index contributed by atoms with van der Waals surface area (Å²) in [5.74, 6) is -0.438. The lowest BCUT2D eigenvalue weighted by Gasteiger charge is -2.13. The van der Waals surface area contributed by atoms with Gasteiger partial charge in [-0.05, 0) is 13.0 Å². The van der Waals surface area contributed by atoms with Crippen molar-refractivity contribution in [3.05, 3.63) is 38.4 Å². The van der Waals surface area contributed by atoms with Crippen LogP contribution in [0.4, 0.5) is 17.1 Å². The molecular weight excluding hydrogens is 256 g/mol. The van der Waals surface area contributed by atoms with E-state index in [2.05, 4.69) is 10.6 Å². The number of rotatable bonds is 5. The number of anilines is 1. The molecule has 0 saturated heterocycles. The summed E-state index contributed by atoms with van der Waals surface area (Å²) in [5, 5.41) is 26.6. The fourth-order valence-electron chi connectivity index (χ4n) is 1.48. The van der Waals surface area contributed by atoms with E-state index in [9.17, 15) is 25.0 Å². The molecule has 0 aliphatic rings. The molecule has 1 atom stereocenters. The molecule has 1 aromatic rings. The van der Waals surface area contributed by atoms with Crippen molar-refractivity contribution in [2.45, 2.75) is 13.0 Å². The standard InChI is InChI=1S/C10H12N4O5/c1-6(10(15)11-2)12-9-7(13(16)17)4-3-5-8(9)14(18)19/h3-6,12H,1-2H3,(H,11,15). The summed E-state index contributed by atoms with van der Waals surface area (Å²) in [6, 6.07) is 2.63. The first-order valence-electron chi connectivity index (χ1n) is 5.28. The second-order valence-electron chi connectivity index (χ2n) is 3.67. The van der Waals surface area contributed by atoms with Gasteiger partial charge in [-0.1, -0.05) is 0 Å². The number of likely N-dealkylation sites (N-methyl/N-ethyl adjacent to an activating group) is 1. The highest BCUT2D eigenvalue weighted by atomic mass is 16.6. The van der Waals surface area contributed by atoms with Crippen LogP contribution in [0.3, 0.4) is 0 Å². The van der Waals surface area contributed by atoms with E-state index in [0.717, 1.165) is 12.1 Å². The van der Waals surface area contributed by atoms with E-state index in [1.165, 1.54) is 20.0 Å². The second kappa shape index (κ2) is 5.76. The maximum atomic E-state index is 11.4. The van der Waals surface area contributed by atoms with Crippen molar-refractivity contribution in [3.63, 3.8) is 0 Å². The summed E-state index contributed by atoms with van der Waals surface area (Å²) in [6.07, 6.45) is 0. The molecule has 2 N–H and O–H groups in total. The zero-order chi connectivity index (χ0) is 14.6. The number of hydrogen-bond donors (Lipinski definition) is 2. The van der Waals surface area contributed by atoms with E-state index in [1.54, 1.807) is 0 Å². The van der Waals surface area contributed by atoms with Gasteiger partial charge in [-0.3, -0.25) is 25.0 Å². The summed E-state index contributed by atoms with van der Waals surface area (Å²) in [6.45, 7) is 1.44. The third kappa shape index (κ3) is 3.15. The maximum Gasteiger partial charge on any atom is 0.299 e. The van der Waals surface area contributed by atoms with Gasteiger partial charge in [0.25, 0.3) is 11.4 Å². The Balaban J connectivity index is 3.25. The molecule has 0 aromatic heterocycles. The van der Waals surface area contributed by atoms with E-state index in [4.69, 9.17) is 0 Å². The Kier molecular flexibility index (Phi) is 4.35. The van der Waals surface area contributed by atoms with E-state index < -0.39 is 33.2 Å². The summed E-state index contributed by atoms with van der Waals surface area (Å²) < 4.78 is 0. The van der Waals surface area contributed by atoms with Crippen molar-refractivity contribution < 1.29 is 14.6 Å². The Labute approximate surface area is 107 Å². The summed E-state index contributed by atoms with van der Waals surface area (Å²) >= 11 is 0. The fourth-order valence-corrected chi connectivity index (χ4v) is 1.48. The van der Waals surface area contributed by atoms with Crippen molar-refractivity contribution in [2.75, 3.05) is 12.4 Å². The molecule has 1 rings (SSSR count). The van der Waals surface area contributed by atoms with Gasteiger partial charge in [0.1, 0.15) is 6.04 Å². The average Bonchev–Trinajstić information content (AvgIpc) is 2.37. The van der Waals surface area contributed by atoms with E-state index >= 15 is 0 Å². The van der Waals surface area contributed by atoms with Crippen LogP contribution in [0.1, 0.15) is 6.92 Å². The van der Waals surface area contributed by atoms with E-state index in [1.807, 2.05) is 0 Å². The van der Waals surface area contributed by atoms with Crippen LogP contribution in [0.5, 0.6) is 0 Å². The van der Waals surface area contributed by atoms with Gasteiger partial charge in [0.2, 0.25) is 5.91 Å². The van der Waals surface area contributed by atoms with Crippen molar-refractivity contribution in [2.24, 2.45) is 0 Å². The molecule has 0 saturated carbocycles. The lowest BCUT2D eigenvalue weighted by Crippen LogP contribution is -2.35. The highest BCUT2D eigenvalue weighted by molar-refractivity contribution is 5.86. The minimum Gasteiger partial charge on any atom is -0.363 e. The van der Waals surface area contributed by atoms with E-state index in [-0.39, 0.29) is 5.69 Å². The predicted molar refractivity (Wildman–Crippen MR) is 66.9 cm³/mol. The number of nitrogens with one attached hydrogen (secondary N) is 2. The molecule has 0 fully saturated rings. The third-order valence-corrected chi connectivity index (χ3v) is 2.41. The van der Waals surface area contributed by atoms with Crippen LogP contribution in [0.15, 0.2) is 18.2 Å². The highest BCUT2D eigenvalue weighted by Crippen LogP contribution is 2.34. The zero-order valence-corrected chi connectivity index (χ0v) is 10.2. The van der Waals surface area contributed by atoms with Gasteiger partial charge in [-0.15, -0.1) is 0 Å². The van der Waals surface area contributed by atoms with E-state index in [0.29, 0.717) is 0 Å². The number of nitrogens with zero attached hydrogens (tertiary/aromatic N) is 2. The largest absolute Gasteiger partial charge is 0.363 e. The Hall–Kier alpha value is -2.71. The van der Waals surface area contributed by atoms with Crippen LogP contribution in [-0.4, -0.2) is 28.8 Å². The molecule has 0 aliphatic heterocycles. The van der Waals surface area contributed by atoms with Gasteiger partial charge < -0.3 is 10.6 Å². The number of para-hydroxylation sites is 1. The maximum absolute atomic E-state index is 11.4. The fraction of sp³-hybridized carbons (Fsp3) is 0.300. The quantitative estimate of drug-likeness (QED) is 0.606. The topological polar surface area (TPSA) is 127 Å². The molecular formula is C10H12N4O5. The van der Waals surface area contributed by atoms with Gasteiger partial charge >= 0.3 is 0 Å². The third-order valence-electron chi connectivity index (χ3n) is 2.41. The first kappa shape index (κ1) is 14.4. The van der Waals surface area contributed by atoms with Crippen LogP contribution in [0.2, 0.25) is 0 Å². The molecule has 0 bridgehead atoms. The Bertz CT molecular complexity index is 498. The molecule has 1 unspecified atom stereocenters. The molecule has 0 radical (unpaired) electrons. The van der Waals surface area contributed by atoms with Crippen LogP contribution < -0.4 is 10.6 Å². The van der Waals surface area contributed by atoms with Gasteiger partial charge in [0.05, 0.1) is 9.85 Å².